The monoisotopic (exact) mass is 207 g/mol. The molecule has 82 valence electrons. The van der Waals surface area contributed by atoms with Crippen LogP contribution in [0.5, 0.6) is 0 Å². The third-order valence-corrected chi connectivity index (χ3v) is 3.95. The molecule has 0 unspecified atom stereocenters. The first-order valence-corrected chi connectivity index (χ1v) is 5.36. The second-order valence-electron chi connectivity index (χ2n) is 4.78. The number of carboxylic acid groups (broad SMARTS) is 1. The molecule has 0 radical (unpaired) electrons. The van der Waals surface area contributed by atoms with Crippen molar-refractivity contribution in [1.29, 1.82) is 0 Å². The van der Waals surface area contributed by atoms with Crippen molar-refractivity contribution >= 4 is 5.97 Å². The predicted octanol–water partition coefficient (Wildman–Crippen LogP) is 1.56. The van der Waals surface area contributed by atoms with E-state index in [1.807, 2.05) is 6.08 Å². The molecule has 0 bridgehead atoms. The summed E-state index contributed by atoms with van der Waals surface area (Å²) in [6, 6.07) is 0. The number of carbonyl (C=O) groups is 1. The average molecular weight is 207 g/mol. The maximum Gasteiger partial charge on any atom is 0.303 e. The summed E-state index contributed by atoms with van der Waals surface area (Å²) in [6.45, 7) is 4.23. The molecule has 0 amide bonds. The fourth-order valence-electron chi connectivity index (χ4n) is 3.17. The Labute approximate surface area is 89.7 Å². The molecule has 2 rings (SSSR count). The molecular formula is C12H17NO2. The van der Waals surface area contributed by atoms with Crippen LogP contribution in [-0.4, -0.2) is 17.6 Å². The van der Waals surface area contributed by atoms with Gasteiger partial charge in [-0.3, -0.25) is 4.79 Å². The van der Waals surface area contributed by atoms with Crippen LogP contribution in [0.1, 0.15) is 19.3 Å². The number of aliphatic carboxylic acids is 1. The predicted molar refractivity (Wildman–Crippen MR) is 58.2 cm³/mol. The van der Waals surface area contributed by atoms with Crippen LogP contribution in [-0.2, 0) is 4.79 Å². The maximum atomic E-state index is 10.8. The van der Waals surface area contributed by atoms with Gasteiger partial charge in [0, 0.05) is 0 Å². The van der Waals surface area contributed by atoms with Crippen molar-refractivity contribution < 1.29 is 9.90 Å². The summed E-state index contributed by atoms with van der Waals surface area (Å²) in [5.41, 5.74) is 6.82. The van der Waals surface area contributed by atoms with Crippen LogP contribution >= 0.6 is 0 Å². The first kappa shape index (κ1) is 10.4. The van der Waals surface area contributed by atoms with Crippen LogP contribution in [0, 0.1) is 17.3 Å². The standard InChI is InChI=1S/C12H17NO2/c1-2-8-3-9-5-12(7-13,6-11(14)15)10(9)4-8/h2,4,9-10H,1,3,5-7,13H2,(H,14,15)/t9-,10+,12+/m0/s1. The molecule has 15 heavy (non-hydrogen) atoms. The first-order valence-electron chi connectivity index (χ1n) is 5.36. The molecular weight excluding hydrogens is 190 g/mol. The Bertz CT molecular complexity index is 335. The van der Waals surface area contributed by atoms with Gasteiger partial charge < -0.3 is 10.8 Å². The minimum absolute atomic E-state index is 0.179. The second kappa shape index (κ2) is 3.49. The summed E-state index contributed by atoms with van der Waals surface area (Å²) in [4.78, 5) is 10.8. The van der Waals surface area contributed by atoms with Crippen LogP contribution in [0.3, 0.4) is 0 Å². The minimum Gasteiger partial charge on any atom is -0.481 e. The fraction of sp³-hybridized carbons (Fsp3) is 0.583. The van der Waals surface area contributed by atoms with Crippen molar-refractivity contribution in [1.82, 2.24) is 0 Å². The van der Waals surface area contributed by atoms with Gasteiger partial charge in [0.05, 0.1) is 6.42 Å². The summed E-state index contributed by atoms with van der Waals surface area (Å²) in [5.74, 6) is 0.242. The van der Waals surface area contributed by atoms with Gasteiger partial charge in [0.2, 0.25) is 0 Å². The molecule has 0 aromatic carbocycles. The zero-order chi connectivity index (χ0) is 11.1. The molecule has 0 aromatic rings. The number of allylic oxidation sites excluding steroid dienone is 3. The van der Waals surface area contributed by atoms with E-state index in [-0.39, 0.29) is 11.8 Å². The number of hydrogen-bond acceptors (Lipinski definition) is 2. The lowest BCUT2D eigenvalue weighted by molar-refractivity contribution is -0.144. The highest BCUT2D eigenvalue weighted by Crippen LogP contribution is 2.59. The Morgan fingerprint density at radius 2 is 2.53 bits per heavy atom. The molecule has 0 aromatic heterocycles. The van der Waals surface area contributed by atoms with E-state index in [9.17, 15) is 4.79 Å². The van der Waals surface area contributed by atoms with Gasteiger partial charge in [0.15, 0.2) is 0 Å². The number of rotatable bonds is 4. The summed E-state index contributed by atoms with van der Waals surface area (Å²) >= 11 is 0. The highest BCUT2D eigenvalue weighted by atomic mass is 16.4. The lowest BCUT2D eigenvalue weighted by Crippen LogP contribution is -2.51. The summed E-state index contributed by atoms with van der Waals surface area (Å²) in [6.07, 6.45) is 6.26. The minimum atomic E-state index is -0.737. The third kappa shape index (κ3) is 1.51. The molecule has 0 saturated heterocycles. The molecule has 1 fully saturated rings. The Kier molecular flexibility index (Phi) is 2.43. The maximum absolute atomic E-state index is 10.8. The first-order chi connectivity index (χ1) is 7.11. The molecule has 3 heteroatoms. The molecule has 3 nitrogen and oxygen atoms in total. The zero-order valence-corrected chi connectivity index (χ0v) is 8.78. The van der Waals surface area contributed by atoms with E-state index in [2.05, 4.69) is 12.7 Å². The van der Waals surface area contributed by atoms with Crippen molar-refractivity contribution in [3.8, 4) is 0 Å². The fourth-order valence-corrected chi connectivity index (χ4v) is 3.17. The lowest BCUT2D eigenvalue weighted by atomic mass is 9.53. The van der Waals surface area contributed by atoms with E-state index in [1.165, 1.54) is 5.57 Å². The van der Waals surface area contributed by atoms with Gasteiger partial charge in [-0.2, -0.15) is 0 Å². The van der Waals surface area contributed by atoms with E-state index < -0.39 is 5.97 Å². The van der Waals surface area contributed by atoms with Crippen LogP contribution in [0.4, 0.5) is 0 Å². The lowest BCUT2D eigenvalue weighted by Gasteiger charge is -2.51. The molecule has 3 atom stereocenters. The van der Waals surface area contributed by atoms with Gasteiger partial charge in [-0.1, -0.05) is 24.3 Å². The topological polar surface area (TPSA) is 63.3 Å². The van der Waals surface area contributed by atoms with E-state index in [4.69, 9.17) is 10.8 Å². The van der Waals surface area contributed by atoms with Crippen molar-refractivity contribution in [2.24, 2.45) is 23.0 Å². The quantitative estimate of drug-likeness (QED) is 0.735. The summed E-state index contributed by atoms with van der Waals surface area (Å²) in [5, 5.41) is 8.89. The average Bonchev–Trinajstić information content (AvgIpc) is 2.53. The molecule has 0 heterocycles. The SMILES string of the molecule is C=CC1=C[C@@H]2[C@@H](C1)C[C@]2(CN)CC(=O)O. The Morgan fingerprint density at radius 1 is 1.80 bits per heavy atom. The number of carboxylic acids is 1. The normalized spacial score (nSPS) is 37.8. The van der Waals surface area contributed by atoms with Crippen LogP contribution < -0.4 is 5.73 Å². The van der Waals surface area contributed by atoms with E-state index in [1.54, 1.807) is 0 Å². The highest BCUT2D eigenvalue weighted by Gasteiger charge is 2.54. The van der Waals surface area contributed by atoms with Gasteiger partial charge in [-0.25, -0.2) is 0 Å². The van der Waals surface area contributed by atoms with E-state index in [0.717, 1.165) is 12.8 Å². The molecule has 2 aliphatic rings. The third-order valence-electron chi connectivity index (χ3n) is 3.95. The number of hydrogen-bond donors (Lipinski definition) is 2. The van der Waals surface area contributed by atoms with Crippen LogP contribution in [0.25, 0.3) is 0 Å². The Morgan fingerprint density at radius 3 is 3.07 bits per heavy atom. The van der Waals surface area contributed by atoms with Crippen molar-refractivity contribution in [2.75, 3.05) is 6.54 Å². The van der Waals surface area contributed by atoms with Gasteiger partial charge in [0.1, 0.15) is 0 Å². The van der Waals surface area contributed by atoms with Crippen molar-refractivity contribution in [2.45, 2.75) is 19.3 Å². The molecule has 0 aliphatic heterocycles. The van der Waals surface area contributed by atoms with E-state index >= 15 is 0 Å². The molecule has 0 spiro atoms. The van der Waals surface area contributed by atoms with Crippen LogP contribution in [0.15, 0.2) is 24.3 Å². The van der Waals surface area contributed by atoms with Crippen molar-refractivity contribution in [3.05, 3.63) is 24.3 Å². The Hall–Kier alpha value is -1.09. The molecule has 1 saturated carbocycles. The molecule has 2 aliphatic carbocycles. The van der Waals surface area contributed by atoms with Gasteiger partial charge in [0.25, 0.3) is 0 Å². The summed E-state index contributed by atoms with van der Waals surface area (Å²) < 4.78 is 0. The molecule has 3 N–H and O–H groups in total. The van der Waals surface area contributed by atoms with Gasteiger partial charge >= 0.3 is 5.97 Å². The van der Waals surface area contributed by atoms with Gasteiger partial charge in [-0.15, -0.1) is 0 Å². The van der Waals surface area contributed by atoms with Crippen LogP contribution in [0.2, 0.25) is 0 Å². The van der Waals surface area contributed by atoms with Gasteiger partial charge in [-0.05, 0) is 36.6 Å². The summed E-state index contributed by atoms with van der Waals surface area (Å²) in [7, 11) is 0. The van der Waals surface area contributed by atoms with Crippen molar-refractivity contribution in [3.63, 3.8) is 0 Å². The largest absolute Gasteiger partial charge is 0.481 e. The Balaban J connectivity index is 2.15. The van der Waals surface area contributed by atoms with E-state index in [0.29, 0.717) is 18.4 Å². The zero-order valence-electron chi connectivity index (χ0n) is 8.78. The smallest absolute Gasteiger partial charge is 0.303 e. The second-order valence-corrected chi connectivity index (χ2v) is 4.78. The highest BCUT2D eigenvalue weighted by molar-refractivity contribution is 5.68. The number of fused-ring (bicyclic) bond motifs is 1. The number of nitrogens with two attached hydrogens (primary N) is 1.